The van der Waals surface area contributed by atoms with Gasteiger partial charge in [-0.25, -0.2) is 4.67 Å². The molecule has 0 rings (SSSR count). The van der Waals surface area contributed by atoms with Gasteiger partial charge in [-0.1, -0.05) is 0 Å². The Balaban J connectivity index is 4.34. The largest absolute Gasteiger partial charge is 0.330 e. The van der Waals surface area contributed by atoms with Gasteiger partial charge in [0.2, 0.25) is 0 Å². The Kier molecular flexibility index (Phi) is 14.5. The predicted octanol–water partition coefficient (Wildman–Crippen LogP) is 4.50. The van der Waals surface area contributed by atoms with Crippen molar-refractivity contribution in [2.45, 2.75) is 46.2 Å². The van der Waals surface area contributed by atoms with Gasteiger partial charge in [0.15, 0.2) is 0 Å². The zero-order valence-electron chi connectivity index (χ0n) is 16.1. The molecule has 0 fully saturated rings. The summed E-state index contributed by atoms with van der Waals surface area (Å²) in [5, 5.41) is 8.69. The molecule has 1 unspecified atom stereocenters. The van der Waals surface area contributed by atoms with E-state index in [0.717, 1.165) is 5.75 Å². The van der Waals surface area contributed by atoms with Gasteiger partial charge < -0.3 is 18.1 Å². The van der Waals surface area contributed by atoms with Crippen molar-refractivity contribution in [2.75, 3.05) is 45.1 Å². The molecule has 0 heterocycles. The van der Waals surface area contributed by atoms with Crippen LogP contribution in [0.3, 0.4) is 0 Å². The van der Waals surface area contributed by atoms with E-state index in [1.807, 2.05) is 0 Å². The van der Waals surface area contributed by atoms with Crippen LogP contribution in [0.15, 0.2) is 0 Å². The first-order chi connectivity index (χ1) is 11.8. The summed E-state index contributed by atoms with van der Waals surface area (Å²) in [7, 11) is -1.33. The highest BCUT2D eigenvalue weighted by Crippen LogP contribution is 2.47. The highest BCUT2D eigenvalue weighted by molar-refractivity contribution is 7.99. The van der Waals surface area contributed by atoms with Crippen molar-refractivity contribution in [2.24, 2.45) is 0 Å². The minimum absolute atomic E-state index is 0.287. The lowest BCUT2D eigenvalue weighted by molar-refractivity contribution is 0.182. The van der Waals surface area contributed by atoms with E-state index in [1.165, 1.54) is 14.2 Å². The molecule has 148 valence electrons. The van der Waals surface area contributed by atoms with Gasteiger partial charge in [0.1, 0.15) is 0 Å². The minimum Gasteiger partial charge on any atom is -0.321 e. The van der Waals surface area contributed by atoms with Crippen molar-refractivity contribution in [1.82, 2.24) is 4.67 Å². The maximum atomic E-state index is 11.9. The summed E-state index contributed by atoms with van der Waals surface area (Å²) in [6.07, 6.45) is 0.729. The molecule has 0 amide bonds. The summed E-state index contributed by atoms with van der Waals surface area (Å²) in [5.74, 6) is 1.44. The van der Waals surface area contributed by atoms with Crippen LogP contribution in [0.5, 0.6) is 0 Å². The van der Waals surface area contributed by atoms with E-state index in [2.05, 4.69) is 38.4 Å². The van der Waals surface area contributed by atoms with Crippen LogP contribution in [-0.2, 0) is 22.7 Å². The molecule has 0 aliphatic rings. The molecule has 0 aromatic carbocycles. The molecule has 0 saturated heterocycles. The lowest BCUT2D eigenvalue weighted by Crippen LogP contribution is -2.33. The summed E-state index contributed by atoms with van der Waals surface area (Å²) in [4.78, 5) is 0. The topological polar surface area (TPSA) is 81.0 Å². The van der Waals surface area contributed by atoms with Crippen LogP contribution >= 0.6 is 27.9 Å². The summed E-state index contributed by atoms with van der Waals surface area (Å²) in [5.41, 5.74) is 0. The third-order valence-electron chi connectivity index (χ3n) is 3.16. The molecule has 0 saturated carbocycles. The van der Waals surface area contributed by atoms with E-state index in [4.69, 9.17) is 23.4 Å². The second kappa shape index (κ2) is 14.4. The van der Waals surface area contributed by atoms with Gasteiger partial charge >= 0.3 is 7.60 Å². The molecular weight excluding hydrogens is 382 g/mol. The van der Waals surface area contributed by atoms with E-state index >= 15 is 0 Å². The molecule has 10 heteroatoms. The third kappa shape index (κ3) is 10.9. The quantitative estimate of drug-likeness (QED) is 0.286. The van der Waals surface area contributed by atoms with Crippen LogP contribution in [0.25, 0.3) is 0 Å². The van der Waals surface area contributed by atoms with Crippen LogP contribution in [0.1, 0.15) is 34.1 Å². The Morgan fingerprint density at radius 2 is 1.64 bits per heavy atom. The summed E-state index contributed by atoms with van der Waals surface area (Å²) in [6, 6.07) is 2.66. The van der Waals surface area contributed by atoms with Gasteiger partial charge in [0.25, 0.3) is 8.53 Å². The van der Waals surface area contributed by atoms with Gasteiger partial charge in [-0.15, -0.1) is 0 Å². The highest BCUT2D eigenvalue weighted by atomic mass is 32.2. The van der Waals surface area contributed by atoms with Gasteiger partial charge in [0, 0.05) is 37.8 Å². The average Bonchev–Trinajstić information content (AvgIpc) is 2.56. The number of nitriles is 1. The Morgan fingerprint density at radius 1 is 1.08 bits per heavy atom. The third-order valence-corrected chi connectivity index (χ3v) is 8.40. The van der Waals surface area contributed by atoms with E-state index in [-0.39, 0.29) is 12.1 Å². The molecule has 0 N–H and O–H groups in total. The van der Waals surface area contributed by atoms with Crippen molar-refractivity contribution in [3.63, 3.8) is 0 Å². The minimum atomic E-state index is -2.93. The first-order valence-electron chi connectivity index (χ1n) is 8.30. The Bertz CT molecular complexity index is 419. The van der Waals surface area contributed by atoms with Gasteiger partial charge in [-0.05, 0) is 27.7 Å². The van der Waals surface area contributed by atoms with Gasteiger partial charge in [-0.2, -0.15) is 17.0 Å². The number of rotatable bonds is 15. The SMILES string of the molecule is COP(=O)(CCSCCOP(OCCC#N)N(C(C)C)C(C)C)OC. The monoisotopic (exact) mass is 414 g/mol. The second-order valence-electron chi connectivity index (χ2n) is 5.69. The number of hydrogen-bond donors (Lipinski definition) is 0. The Labute approximate surface area is 158 Å². The van der Waals surface area contributed by atoms with Crippen molar-refractivity contribution in [1.29, 1.82) is 5.26 Å². The van der Waals surface area contributed by atoms with Crippen LogP contribution in [0.4, 0.5) is 0 Å². The predicted molar refractivity (Wildman–Crippen MR) is 105 cm³/mol. The van der Waals surface area contributed by atoms with Gasteiger partial charge in [-0.3, -0.25) is 4.57 Å². The molecule has 0 aromatic rings. The van der Waals surface area contributed by atoms with Crippen molar-refractivity contribution >= 4 is 27.9 Å². The molecule has 0 spiro atoms. The summed E-state index contributed by atoms with van der Waals surface area (Å²) >= 11 is 1.64. The molecule has 25 heavy (non-hydrogen) atoms. The lowest BCUT2D eigenvalue weighted by atomic mass is 10.3. The molecule has 0 aromatic heterocycles. The van der Waals surface area contributed by atoms with Crippen LogP contribution in [0, 0.1) is 11.3 Å². The van der Waals surface area contributed by atoms with Gasteiger partial charge in [0.05, 0.1) is 31.9 Å². The fourth-order valence-corrected chi connectivity index (χ4v) is 6.07. The number of nitrogens with zero attached hydrogens (tertiary/aromatic N) is 2. The summed E-state index contributed by atoms with van der Waals surface area (Å²) < 4.78 is 35.7. The van der Waals surface area contributed by atoms with E-state index < -0.39 is 16.1 Å². The first kappa shape index (κ1) is 25.3. The maximum Gasteiger partial charge on any atom is 0.330 e. The molecule has 0 bridgehead atoms. The second-order valence-corrected chi connectivity index (χ2v) is 10.8. The zero-order chi connectivity index (χ0) is 19.3. The Morgan fingerprint density at radius 3 is 2.12 bits per heavy atom. The smallest absolute Gasteiger partial charge is 0.321 e. The molecular formula is C15H32N2O5P2S. The van der Waals surface area contributed by atoms with Crippen molar-refractivity contribution in [3.05, 3.63) is 0 Å². The van der Waals surface area contributed by atoms with Crippen molar-refractivity contribution < 1.29 is 22.7 Å². The Hall–Kier alpha value is 0.300. The molecule has 0 radical (unpaired) electrons. The highest BCUT2D eigenvalue weighted by Gasteiger charge is 2.27. The molecule has 0 aliphatic carbocycles. The van der Waals surface area contributed by atoms with Crippen molar-refractivity contribution in [3.8, 4) is 6.07 Å². The molecule has 0 aliphatic heterocycles. The lowest BCUT2D eigenvalue weighted by Gasteiger charge is -2.35. The molecule has 7 nitrogen and oxygen atoms in total. The number of hydrogen-bond acceptors (Lipinski definition) is 8. The zero-order valence-corrected chi connectivity index (χ0v) is 18.7. The number of thioether (sulfide) groups is 1. The summed E-state index contributed by atoms with van der Waals surface area (Å²) in [6.45, 7) is 9.32. The first-order valence-corrected chi connectivity index (χ1v) is 12.3. The average molecular weight is 414 g/mol. The normalized spacial score (nSPS) is 13.6. The molecule has 1 atom stereocenters. The van der Waals surface area contributed by atoms with E-state index in [0.29, 0.717) is 31.5 Å². The standard InChI is InChI=1S/C15H32N2O5P2S/c1-14(2)17(15(3)4)23(21-9-7-8-16)22-10-12-25-13-11-24(18,19-5)20-6/h14-15H,7,9-13H2,1-6H3. The van der Waals surface area contributed by atoms with Crippen LogP contribution in [0.2, 0.25) is 0 Å². The van der Waals surface area contributed by atoms with Crippen LogP contribution < -0.4 is 0 Å². The fraction of sp³-hybridized carbons (Fsp3) is 0.933. The van der Waals surface area contributed by atoms with E-state index in [9.17, 15) is 4.57 Å². The maximum absolute atomic E-state index is 11.9. The van der Waals surface area contributed by atoms with Crippen LogP contribution in [-0.4, -0.2) is 61.9 Å². The van der Waals surface area contributed by atoms with E-state index in [1.54, 1.807) is 11.8 Å². The fourth-order valence-electron chi connectivity index (χ4n) is 2.02.